The smallest absolute Gasteiger partial charge is 0.208 e. The molecule has 1 aliphatic rings. The number of guanidine groups is 1. The first kappa shape index (κ1) is 14.3. The molecule has 0 aromatic heterocycles. The van der Waals surface area contributed by atoms with Gasteiger partial charge >= 0.3 is 0 Å². The Balaban J connectivity index is 2.56. The van der Waals surface area contributed by atoms with E-state index in [0.717, 1.165) is 25.0 Å². The lowest BCUT2D eigenvalue weighted by atomic mass is 9.75. The van der Waals surface area contributed by atoms with E-state index in [4.69, 9.17) is 5.84 Å². The molecule has 0 atom stereocenters. The SMILES string of the molecule is CC(C)N=C(NN)N1CCC(C(C)(C)C)CC1. The molecule has 0 amide bonds. The zero-order valence-electron chi connectivity index (χ0n) is 12.0. The fourth-order valence-corrected chi connectivity index (χ4v) is 2.41. The van der Waals surface area contributed by atoms with Crippen molar-refractivity contribution in [1.29, 1.82) is 0 Å². The van der Waals surface area contributed by atoms with Gasteiger partial charge in [-0.25, -0.2) is 10.8 Å². The second kappa shape index (κ2) is 5.71. The summed E-state index contributed by atoms with van der Waals surface area (Å²) in [5, 5.41) is 0. The zero-order valence-corrected chi connectivity index (χ0v) is 12.0. The molecule has 17 heavy (non-hydrogen) atoms. The first-order valence-corrected chi connectivity index (χ1v) is 6.64. The van der Waals surface area contributed by atoms with Crippen molar-refractivity contribution in [2.75, 3.05) is 13.1 Å². The molecular weight excluding hydrogens is 212 g/mol. The van der Waals surface area contributed by atoms with E-state index in [1.165, 1.54) is 12.8 Å². The number of hydrazine groups is 1. The van der Waals surface area contributed by atoms with Crippen LogP contribution in [0.25, 0.3) is 0 Å². The molecule has 1 heterocycles. The van der Waals surface area contributed by atoms with Gasteiger partial charge in [-0.2, -0.15) is 0 Å². The normalized spacial score (nSPS) is 19.9. The Morgan fingerprint density at radius 1 is 1.29 bits per heavy atom. The summed E-state index contributed by atoms with van der Waals surface area (Å²) in [5.74, 6) is 7.19. The Morgan fingerprint density at radius 2 is 1.82 bits per heavy atom. The lowest BCUT2D eigenvalue weighted by molar-refractivity contribution is 0.147. The van der Waals surface area contributed by atoms with Gasteiger partial charge in [-0.3, -0.25) is 5.43 Å². The summed E-state index contributed by atoms with van der Waals surface area (Å²) in [5.41, 5.74) is 3.15. The highest BCUT2D eigenvalue weighted by Gasteiger charge is 2.29. The van der Waals surface area contributed by atoms with E-state index in [9.17, 15) is 0 Å². The summed E-state index contributed by atoms with van der Waals surface area (Å²) in [6.07, 6.45) is 2.45. The second-order valence-corrected chi connectivity index (χ2v) is 6.32. The number of piperidine rings is 1. The van der Waals surface area contributed by atoms with Crippen LogP contribution in [0.4, 0.5) is 0 Å². The number of rotatable bonds is 1. The highest BCUT2D eigenvalue weighted by Crippen LogP contribution is 2.34. The van der Waals surface area contributed by atoms with E-state index in [-0.39, 0.29) is 6.04 Å². The van der Waals surface area contributed by atoms with Crippen molar-refractivity contribution in [1.82, 2.24) is 10.3 Å². The van der Waals surface area contributed by atoms with Gasteiger partial charge in [0, 0.05) is 19.1 Å². The lowest BCUT2D eigenvalue weighted by Gasteiger charge is -2.39. The molecule has 0 radical (unpaired) electrons. The summed E-state index contributed by atoms with van der Waals surface area (Å²) < 4.78 is 0. The molecule has 0 spiro atoms. The van der Waals surface area contributed by atoms with Crippen molar-refractivity contribution in [3.8, 4) is 0 Å². The summed E-state index contributed by atoms with van der Waals surface area (Å²) in [6, 6.07) is 0.279. The van der Waals surface area contributed by atoms with Crippen LogP contribution in [0.1, 0.15) is 47.5 Å². The number of hydrogen-bond acceptors (Lipinski definition) is 2. The predicted molar refractivity (Wildman–Crippen MR) is 73.6 cm³/mol. The van der Waals surface area contributed by atoms with E-state index < -0.39 is 0 Å². The Kier molecular flexibility index (Phi) is 4.80. The fourth-order valence-electron chi connectivity index (χ4n) is 2.41. The summed E-state index contributed by atoms with van der Waals surface area (Å²) in [6.45, 7) is 13.2. The average Bonchev–Trinajstić information content (AvgIpc) is 2.24. The summed E-state index contributed by atoms with van der Waals surface area (Å²) in [7, 11) is 0. The van der Waals surface area contributed by atoms with E-state index in [1.807, 2.05) is 0 Å². The van der Waals surface area contributed by atoms with Crippen LogP contribution in [0.5, 0.6) is 0 Å². The third-order valence-electron chi connectivity index (χ3n) is 3.53. The third-order valence-corrected chi connectivity index (χ3v) is 3.53. The number of aliphatic imine (C=N–C) groups is 1. The van der Waals surface area contributed by atoms with Crippen LogP contribution < -0.4 is 11.3 Å². The quantitative estimate of drug-likeness (QED) is 0.319. The third kappa shape index (κ3) is 4.19. The molecule has 0 unspecified atom stereocenters. The van der Waals surface area contributed by atoms with Gasteiger partial charge in [0.25, 0.3) is 0 Å². The van der Waals surface area contributed by atoms with Gasteiger partial charge in [-0.05, 0) is 38.0 Å². The van der Waals surface area contributed by atoms with Crippen molar-refractivity contribution in [3.63, 3.8) is 0 Å². The fraction of sp³-hybridized carbons (Fsp3) is 0.923. The van der Waals surface area contributed by atoms with Gasteiger partial charge < -0.3 is 4.90 Å². The molecule has 0 aromatic rings. The van der Waals surface area contributed by atoms with Crippen LogP contribution in [-0.2, 0) is 0 Å². The molecule has 4 nitrogen and oxygen atoms in total. The largest absolute Gasteiger partial charge is 0.342 e. The van der Waals surface area contributed by atoms with Gasteiger partial charge in [0.15, 0.2) is 0 Å². The van der Waals surface area contributed by atoms with Crippen LogP contribution in [0.2, 0.25) is 0 Å². The van der Waals surface area contributed by atoms with Crippen molar-refractivity contribution < 1.29 is 0 Å². The maximum atomic E-state index is 5.55. The van der Waals surface area contributed by atoms with Gasteiger partial charge in [0.1, 0.15) is 0 Å². The molecule has 0 aliphatic carbocycles. The lowest BCUT2D eigenvalue weighted by Crippen LogP contribution is -2.49. The topological polar surface area (TPSA) is 53.6 Å². The van der Waals surface area contributed by atoms with E-state index in [2.05, 4.69) is 49.9 Å². The Labute approximate surface area is 106 Å². The van der Waals surface area contributed by atoms with Crippen LogP contribution in [0.3, 0.4) is 0 Å². The molecule has 0 bridgehead atoms. The molecule has 4 heteroatoms. The Morgan fingerprint density at radius 3 is 2.18 bits per heavy atom. The van der Waals surface area contributed by atoms with E-state index >= 15 is 0 Å². The zero-order chi connectivity index (χ0) is 13.1. The standard InChI is InChI=1S/C13H28N4/c1-10(2)15-12(16-14)17-8-6-11(7-9-17)13(3,4)5/h10-11H,6-9,14H2,1-5H3,(H,15,16). The van der Waals surface area contributed by atoms with E-state index in [1.54, 1.807) is 0 Å². The number of nitrogens with two attached hydrogens (primary N) is 1. The van der Waals surface area contributed by atoms with Gasteiger partial charge in [-0.1, -0.05) is 20.8 Å². The molecule has 1 saturated heterocycles. The van der Waals surface area contributed by atoms with Crippen molar-refractivity contribution >= 4 is 5.96 Å². The van der Waals surface area contributed by atoms with E-state index in [0.29, 0.717) is 5.41 Å². The van der Waals surface area contributed by atoms with Gasteiger partial charge in [-0.15, -0.1) is 0 Å². The van der Waals surface area contributed by atoms with Gasteiger partial charge in [0.2, 0.25) is 5.96 Å². The molecule has 0 saturated carbocycles. The van der Waals surface area contributed by atoms with Crippen LogP contribution in [-0.4, -0.2) is 30.0 Å². The Bertz CT molecular complexity index is 257. The minimum absolute atomic E-state index is 0.279. The number of nitrogens with one attached hydrogen (secondary N) is 1. The molecular formula is C13H28N4. The Hall–Kier alpha value is -0.770. The summed E-state index contributed by atoms with van der Waals surface area (Å²) >= 11 is 0. The first-order chi connectivity index (χ1) is 7.84. The number of likely N-dealkylation sites (tertiary alicyclic amines) is 1. The maximum absolute atomic E-state index is 5.55. The number of hydrogen-bond donors (Lipinski definition) is 2. The minimum Gasteiger partial charge on any atom is -0.342 e. The molecule has 1 aliphatic heterocycles. The minimum atomic E-state index is 0.279. The molecule has 1 rings (SSSR count). The van der Waals surface area contributed by atoms with Crippen LogP contribution in [0.15, 0.2) is 4.99 Å². The van der Waals surface area contributed by atoms with Crippen molar-refractivity contribution in [2.45, 2.75) is 53.5 Å². The molecule has 0 aromatic carbocycles. The highest BCUT2D eigenvalue weighted by atomic mass is 15.4. The van der Waals surface area contributed by atoms with Crippen LogP contribution in [0, 0.1) is 11.3 Å². The first-order valence-electron chi connectivity index (χ1n) is 6.64. The molecule has 3 N–H and O–H groups in total. The van der Waals surface area contributed by atoms with Gasteiger partial charge in [0.05, 0.1) is 0 Å². The second-order valence-electron chi connectivity index (χ2n) is 6.32. The summed E-state index contributed by atoms with van der Waals surface area (Å²) in [4.78, 5) is 6.78. The van der Waals surface area contributed by atoms with Crippen LogP contribution >= 0.6 is 0 Å². The monoisotopic (exact) mass is 240 g/mol. The molecule has 100 valence electrons. The number of nitrogens with zero attached hydrogens (tertiary/aromatic N) is 2. The predicted octanol–water partition coefficient (Wildman–Crippen LogP) is 1.97. The highest BCUT2D eigenvalue weighted by molar-refractivity contribution is 5.79. The maximum Gasteiger partial charge on any atom is 0.208 e. The van der Waals surface area contributed by atoms with Crippen molar-refractivity contribution in [3.05, 3.63) is 0 Å². The average molecular weight is 240 g/mol. The molecule has 1 fully saturated rings. The van der Waals surface area contributed by atoms with Crippen molar-refractivity contribution in [2.24, 2.45) is 22.2 Å².